The number of nitrogens with one attached hydrogen (secondary N) is 1. The zero-order valence-electron chi connectivity index (χ0n) is 19.6. The van der Waals surface area contributed by atoms with Crippen LogP contribution in [-0.2, 0) is 4.74 Å². The molecule has 1 aromatic heterocycles. The highest BCUT2D eigenvalue weighted by atomic mass is 79.9. The molecule has 1 N–H and O–H groups in total. The molecule has 1 aliphatic rings. The van der Waals surface area contributed by atoms with Gasteiger partial charge in [-0.25, -0.2) is 9.78 Å². The molecule has 1 aromatic carbocycles. The van der Waals surface area contributed by atoms with Crippen LogP contribution in [0.2, 0.25) is 0 Å². The fraction of sp³-hybridized carbons (Fsp3) is 0.480. The number of halogens is 1. The van der Waals surface area contributed by atoms with Crippen molar-refractivity contribution in [3.63, 3.8) is 0 Å². The number of hydrogen-bond donors (Lipinski definition) is 1. The number of carbonyl (C=O) groups excluding carboxylic acids is 2. The van der Waals surface area contributed by atoms with Crippen molar-refractivity contribution in [2.45, 2.75) is 51.7 Å². The summed E-state index contributed by atoms with van der Waals surface area (Å²) in [6.07, 6.45) is 3.96. The van der Waals surface area contributed by atoms with Crippen molar-refractivity contribution >= 4 is 27.9 Å². The highest BCUT2D eigenvalue weighted by Crippen LogP contribution is 2.30. The maximum absolute atomic E-state index is 12.9. The SMILES string of the molecule is COc1ccc(C(CC2CCN(C(=O)OC(C)(C)C)CC2)NC(=O)c2ccc(Br)cc2)cn1. The fourth-order valence-corrected chi connectivity index (χ4v) is 4.12. The van der Waals surface area contributed by atoms with Crippen molar-refractivity contribution in [3.8, 4) is 5.88 Å². The molecule has 2 heterocycles. The van der Waals surface area contributed by atoms with Crippen molar-refractivity contribution in [1.82, 2.24) is 15.2 Å². The number of amides is 2. The van der Waals surface area contributed by atoms with Gasteiger partial charge in [0.1, 0.15) is 5.60 Å². The zero-order chi connectivity index (χ0) is 24.0. The number of methoxy groups -OCH3 is 1. The molecule has 2 amide bonds. The van der Waals surface area contributed by atoms with Gasteiger partial charge >= 0.3 is 6.09 Å². The summed E-state index contributed by atoms with van der Waals surface area (Å²) in [6, 6.07) is 10.8. The Morgan fingerprint density at radius 2 is 1.82 bits per heavy atom. The standard InChI is InChI=1S/C25H32BrN3O4/c1-25(2,3)33-24(31)29-13-11-17(12-14-29)15-21(19-7-10-22(32-4)27-16-19)28-23(30)18-5-8-20(26)9-6-18/h5-10,16-17,21H,11-15H2,1-4H3,(H,28,30). The first kappa shape index (κ1) is 25.0. The highest BCUT2D eigenvalue weighted by Gasteiger charge is 2.29. The Labute approximate surface area is 204 Å². The summed E-state index contributed by atoms with van der Waals surface area (Å²) in [6.45, 7) is 6.92. The summed E-state index contributed by atoms with van der Waals surface area (Å²) < 4.78 is 11.6. The molecule has 0 radical (unpaired) electrons. The van der Waals surface area contributed by atoms with Gasteiger partial charge in [-0.3, -0.25) is 4.79 Å². The van der Waals surface area contributed by atoms with E-state index in [2.05, 4.69) is 26.2 Å². The van der Waals surface area contributed by atoms with Crippen LogP contribution in [0, 0.1) is 5.92 Å². The summed E-state index contributed by atoms with van der Waals surface area (Å²) in [7, 11) is 1.58. The number of pyridine rings is 1. The van der Waals surface area contributed by atoms with E-state index < -0.39 is 5.60 Å². The van der Waals surface area contributed by atoms with Gasteiger partial charge in [0.05, 0.1) is 13.2 Å². The number of likely N-dealkylation sites (tertiary alicyclic amines) is 1. The van der Waals surface area contributed by atoms with E-state index >= 15 is 0 Å². The third-order valence-electron chi connectivity index (χ3n) is 5.62. The van der Waals surface area contributed by atoms with Crippen molar-refractivity contribution in [2.24, 2.45) is 5.92 Å². The van der Waals surface area contributed by atoms with E-state index in [1.54, 1.807) is 36.4 Å². The van der Waals surface area contributed by atoms with Crippen molar-refractivity contribution in [3.05, 3.63) is 58.2 Å². The van der Waals surface area contributed by atoms with Gasteiger partial charge in [0.2, 0.25) is 5.88 Å². The number of benzene rings is 1. The molecule has 1 atom stereocenters. The average Bonchev–Trinajstić information content (AvgIpc) is 2.78. The topological polar surface area (TPSA) is 80.8 Å². The van der Waals surface area contributed by atoms with Crippen LogP contribution in [0.3, 0.4) is 0 Å². The highest BCUT2D eigenvalue weighted by molar-refractivity contribution is 9.10. The minimum atomic E-state index is -0.502. The van der Waals surface area contributed by atoms with E-state index in [1.807, 2.05) is 39.0 Å². The average molecular weight is 518 g/mol. The lowest BCUT2D eigenvalue weighted by Gasteiger charge is -2.35. The van der Waals surface area contributed by atoms with E-state index in [9.17, 15) is 9.59 Å². The molecule has 1 saturated heterocycles. The summed E-state index contributed by atoms with van der Waals surface area (Å²) in [5.41, 5.74) is 1.03. The van der Waals surface area contributed by atoms with Gasteiger partial charge < -0.3 is 19.7 Å². The monoisotopic (exact) mass is 517 g/mol. The van der Waals surface area contributed by atoms with Crippen molar-refractivity contribution in [2.75, 3.05) is 20.2 Å². The predicted octanol–water partition coefficient (Wildman–Crippen LogP) is 5.36. The minimum absolute atomic E-state index is 0.130. The minimum Gasteiger partial charge on any atom is -0.481 e. The van der Waals surface area contributed by atoms with Crippen LogP contribution in [0.1, 0.15) is 62.0 Å². The molecule has 1 aliphatic heterocycles. The number of rotatable bonds is 6. The van der Waals surface area contributed by atoms with Gasteiger partial charge in [0, 0.05) is 35.4 Å². The van der Waals surface area contributed by atoms with E-state index in [0.29, 0.717) is 30.5 Å². The molecule has 1 unspecified atom stereocenters. The van der Waals surface area contributed by atoms with E-state index in [-0.39, 0.29) is 18.0 Å². The van der Waals surface area contributed by atoms with Crippen molar-refractivity contribution in [1.29, 1.82) is 0 Å². The molecule has 0 saturated carbocycles. The van der Waals surface area contributed by atoms with E-state index in [0.717, 1.165) is 29.3 Å². The summed E-state index contributed by atoms with van der Waals surface area (Å²) in [5.74, 6) is 0.762. The Morgan fingerprint density at radius 1 is 1.15 bits per heavy atom. The molecule has 3 rings (SSSR count). The lowest BCUT2D eigenvalue weighted by molar-refractivity contribution is 0.0178. The van der Waals surface area contributed by atoms with Gasteiger partial charge in [0.15, 0.2) is 0 Å². The molecule has 0 aliphatic carbocycles. The van der Waals surface area contributed by atoms with Gasteiger partial charge in [-0.15, -0.1) is 0 Å². The predicted molar refractivity (Wildman–Crippen MR) is 130 cm³/mol. The number of hydrogen-bond acceptors (Lipinski definition) is 5. The summed E-state index contributed by atoms with van der Waals surface area (Å²) in [5, 5.41) is 3.18. The van der Waals surface area contributed by atoms with Crippen LogP contribution < -0.4 is 10.1 Å². The summed E-state index contributed by atoms with van der Waals surface area (Å²) in [4.78, 5) is 31.4. The Hall–Kier alpha value is -2.61. The Bertz CT molecular complexity index is 934. The Morgan fingerprint density at radius 3 is 2.36 bits per heavy atom. The van der Waals surface area contributed by atoms with Gasteiger partial charge in [-0.2, -0.15) is 0 Å². The molecule has 178 valence electrons. The fourth-order valence-electron chi connectivity index (χ4n) is 3.85. The number of nitrogens with zero attached hydrogens (tertiary/aromatic N) is 2. The van der Waals surface area contributed by atoms with E-state index in [4.69, 9.17) is 9.47 Å². The molecule has 2 aromatic rings. The normalized spacial score (nSPS) is 15.6. The lowest BCUT2D eigenvalue weighted by Crippen LogP contribution is -2.42. The summed E-state index contributed by atoms with van der Waals surface area (Å²) >= 11 is 3.40. The second-order valence-electron chi connectivity index (χ2n) is 9.31. The number of piperidine rings is 1. The lowest BCUT2D eigenvalue weighted by atomic mass is 9.88. The molecule has 0 spiro atoms. The van der Waals surface area contributed by atoms with Crippen LogP contribution in [0.5, 0.6) is 5.88 Å². The first-order valence-corrected chi connectivity index (χ1v) is 12.0. The quantitative estimate of drug-likeness (QED) is 0.557. The van der Waals surface area contributed by atoms with Crippen LogP contribution >= 0.6 is 15.9 Å². The van der Waals surface area contributed by atoms with Gasteiger partial charge in [-0.1, -0.05) is 22.0 Å². The number of ether oxygens (including phenoxy) is 2. The largest absolute Gasteiger partial charge is 0.481 e. The van der Waals surface area contributed by atoms with Crippen molar-refractivity contribution < 1.29 is 19.1 Å². The second kappa shape index (κ2) is 11.0. The van der Waals surface area contributed by atoms with Crippen LogP contribution in [-0.4, -0.2) is 47.7 Å². The molecule has 7 nitrogen and oxygen atoms in total. The molecular weight excluding hydrogens is 486 g/mol. The maximum atomic E-state index is 12.9. The molecule has 1 fully saturated rings. The van der Waals surface area contributed by atoms with Crippen LogP contribution in [0.4, 0.5) is 4.79 Å². The molecule has 0 bridgehead atoms. The zero-order valence-corrected chi connectivity index (χ0v) is 21.2. The molecule has 8 heteroatoms. The van der Waals surface area contributed by atoms with Crippen LogP contribution in [0.25, 0.3) is 0 Å². The van der Waals surface area contributed by atoms with Gasteiger partial charge in [-0.05, 0) is 75.8 Å². The first-order chi connectivity index (χ1) is 15.6. The third-order valence-corrected chi connectivity index (χ3v) is 6.15. The first-order valence-electron chi connectivity index (χ1n) is 11.2. The Kier molecular flexibility index (Phi) is 8.35. The second-order valence-corrected chi connectivity index (χ2v) is 10.2. The van der Waals surface area contributed by atoms with Crippen LogP contribution in [0.15, 0.2) is 47.1 Å². The van der Waals surface area contributed by atoms with E-state index in [1.165, 1.54) is 0 Å². The number of aromatic nitrogens is 1. The number of carbonyl (C=O) groups is 2. The maximum Gasteiger partial charge on any atom is 0.410 e. The smallest absolute Gasteiger partial charge is 0.410 e. The van der Waals surface area contributed by atoms with Gasteiger partial charge in [0.25, 0.3) is 5.91 Å². The Balaban J connectivity index is 1.67. The molecule has 33 heavy (non-hydrogen) atoms. The molecular formula is C25H32BrN3O4. The third kappa shape index (κ3) is 7.45.